The topological polar surface area (TPSA) is 12.9 Å². The molecule has 0 aliphatic heterocycles. The second-order valence-corrected chi connectivity index (χ2v) is 6.87. The van der Waals surface area contributed by atoms with E-state index in [4.69, 9.17) is 4.98 Å². The Morgan fingerprint density at radius 2 is 0.962 bits per heavy atom. The van der Waals surface area contributed by atoms with Crippen LogP contribution < -0.4 is 0 Å². The maximum atomic E-state index is 5.18. The SMILES string of the molecule is c1ccc2c(c1)ccc1cc3ccc4ccc5ccccc5c4c3nc12. The first kappa shape index (κ1) is 13.8. The van der Waals surface area contributed by atoms with Crippen LogP contribution in [-0.4, -0.2) is 4.98 Å². The summed E-state index contributed by atoms with van der Waals surface area (Å²) in [5.74, 6) is 0. The molecule has 6 aromatic rings. The van der Waals surface area contributed by atoms with Crippen molar-refractivity contribution in [1.82, 2.24) is 4.98 Å². The van der Waals surface area contributed by atoms with E-state index in [0.717, 1.165) is 11.0 Å². The number of benzene rings is 5. The molecule has 0 N–H and O–H groups in total. The second kappa shape index (κ2) is 5.03. The number of hydrogen-bond donors (Lipinski definition) is 0. The summed E-state index contributed by atoms with van der Waals surface area (Å²) < 4.78 is 0. The van der Waals surface area contributed by atoms with E-state index in [9.17, 15) is 0 Å². The molecule has 1 heteroatoms. The molecular formula is C25H15N. The quantitative estimate of drug-likeness (QED) is 0.219. The van der Waals surface area contributed by atoms with E-state index in [2.05, 4.69) is 91.0 Å². The molecule has 1 nitrogen and oxygen atoms in total. The third-order valence-corrected chi connectivity index (χ3v) is 5.38. The van der Waals surface area contributed by atoms with Crippen LogP contribution >= 0.6 is 0 Å². The fourth-order valence-corrected chi connectivity index (χ4v) is 4.12. The first-order chi connectivity index (χ1) is 12.9. The lowest BCUT2D eigenvalue weighted by molar-refractivity contribution is 1.54. The molecule has 0 saturated heterocycles. The number of rotatable bonds is 0. The molecule has 0 atom stereocenters. The molecule has 0 saturated carbocycles. The Labute approximate surface area is 150 Å². The van der Waals surface area contributed by atoms with E-state index in [1.54, 1.807) is 0 Å². The summed E-state index contributed by atoms with van der Waals surface area (Å²) in [7, 11) is 0. The molecule has 0 aliphatic carbocycles. The Morgan fingerprint density at radius 1 is 0.423 bits per heavy atom. The van der Waals surface area contributed by atoms with Crippen molar-refractivity contribution in [2.75, 3.05) is 0 Å². The highest BCUT2D eigenvalue weighted by atomic mass is 14.7. The molecular weight excluding hydrogens is 314 g/mol. The minimum atomic E-state index is 1.08. The van der Waals surface area contributed by atoms with Crippen LogP contribution in [0.4, 0.5) is 0 Å². The Kier molecular flexibility index (Phi) is 2.67. The molecule has 0 unspecified atom stereocenters. The lowest BCUT2D eigenvalue weighted by atomic mass is 9.98. The van der Waals surface area contributed by atoms with Gasteiger partial charge in [0.15, 0.2) is 0 Å². The van der Waals surface area contributed by atoms with Gasteiger partial charge in [-0.1, -0.05) is 84.9 Å². The molecule has 0 aliphatic rings. The van der Waals surface area contributed by atoms with Gasteiger partial charge in [0, 0.05) is 21.5 Å². The van der Waals surface area contributed by atoms with Crippen LogP contribution in [0, 0.1) is 0 Å². The molecule has 5 aromatic carbocycles. The maximum absolute atomic E-state index is 5.18. The molecule has 26 heavy (non-hydrogen) atoms. The van der Waals surface area contributed by atoms with Gasteiger partial charge in [0.1, 0.15) is 0 Å². The number of aromatic nitrogens is 1. The summed E-state index contributed by atoms with van der Waals surface area (Å²) in [6.45, 7) is 0. The summed E-state index contributed by atoms with van der Waals surface area (Å²) in [6, 6.07) is 32.5. The maximum Gasteiger partial charge on any atom is 0.0794 e. The zero-order chi connectivity index (χ0) is 17.1. The summed E-state index contributed by atoms with van der Waals surface area (Å²) in [5, 5.41) is 9.84. The van der Waals surface area contributed by atoms with Crippen LogP contribution in [0.3, 0.4) is 0 Å². The van der Waals surface area contributed by atoms with Gasteiger partial charge in [0.05, 0.1) is 11.0 Å². The fourth-order valence-electron chi connectivity index (χ4n) is 4.12. The zero-order valence-electron chi connectivity index (χ0n) is 14.1. The number of nitrogens with zero attached hydrogens (tertiary/aromatic N) is 1. The highest BCUT2D eigenvalue weighted by Crippen LogP contribution is 2.34. The molecule has 0 bridgehead atoms. The fraction of sp³-hybridized carbons (Fsp3) is 0. The van der Waals surface area contributed by atoms with Gasteiger partial charge in [-0.2, -0.15) is 0 Å². The van der Waals surface area contributed by atoms with Crippen molar-refractivity contribution in [1.29, 1.82) is 0 Å². The van der Waals surface area contributed by atoms with Crippen molar-refractivity contribution in [2.24, 2.45) is 0 Å². The van der Waals surface area contributed by atoms with Crippen LogP contribution in [0.2, 0.25) is 0 Å². The van der Waals surface area contributed by atoms with Crippen molar-refractivity contribution >= 4 is 54.1 Å². The Bertz CT molecular complexity index is 1470. The lowest BCUT2D eigenvalue weighted by Crippen LogP contribution is -1.87. The van der Waals surface area contributed by atoms with E-state index >= 15 is 0 Å². The third-order valence-electron chi connectivity index (χ3n) is 5.38. The summed E-state index contributed by atoms with van der Waals surface area (Å²) >= 11 is 0. The molecule has 0 amide bonds. The van der Waals surface area contributed by atoms with Crippen LogP contribution in [0.25, 0.3) is 54.1 Å². The average molecular weight is 329 g/mol. The molecule has 1 aromatic heterocycles. The second-order valence-electron chi connectivity index (χ2n) is 6.87. The molecule has 1 heterocycles. The van der Waals surface area contributed by atoms with Gasteiger partial charge >= 0.3 is 0 Å². The smallest absolute Gasteiger partial charge is 0.0794 e. The van der Waals surface area contributed by atoms with Gasteiger partial charge in [-0.25, -0.2) is 4.98 Å². The summed E-state index contributed by atoms with van der Waals surface area (Å²) in [5.41, 5.74) is 2.17. The standard InChI is InChI=1S/C25H15N/c1-3-7-21-16(5-1)9-11-18-12-14-20-15-19-13-10-17-6-2-4-8-22(17)24(19)26-25(20)23(18)21/h1-15H. The van der Waals surface area contributed by atoms with Gasteiger partial charge in [-0.05, 0) is 27.6 Å². The highest BCUT2D eigenvalue weighted by molar-refractivity contribution is 6.21. The molecule has 6 rings (SSSR count). The van der Waals surface area contributed by atoms with Crippen LogP contribution in [0.5, 0.6) is 0 Å². The third kappa shape index (κ3) is 1.83. The van der Waals surface area contributed by atoms with Crippen molar-refractivity contribution in [3.05, 3.63) is 91.0 Å². The van der Waals surface area contributed by atoms with E-state index in [-0.39, 0.29) is 0 Å². The minimum absolute atomic E-state index is 1.08. The van der Waals surface area contributed by atoms with Crippen LogP contribution in [0.15, 0.2) is 91.0 Å². The van der Waals surface area contributed by atoms with E-state index < -0.39 is 0 Å². The van der Waals surface area contributed by atoms with Crippen molar-refractivity contribution in [2.45, 2.75) is 0 Å². The van der Waals surface area contributed by atoms with Gasteiger partial charge in [-0.15, -0.1) is 0 Å². The van der Waals surface area contributed by atoms with Gasteiger partial charge < -0.3 is 0 Å². The predicted octanol–water partition coefficient (Wildman–Crippen LogP) is 6.85. The molecule has 0 radical (unpaired) electrons. The van der Waals surface area contributed by atoms with E-state index in [1.807, 2.05) is 0 Å². The average Bonchev–Trinajstić information content (AvgIpc) is 2.71. The Morgan fingerprint density at radius 3 is 1.73 bits per heavy atom. The van der Waals surface area contributed by atoms with E-state index in [0.29, 0.717) is 0 Å². The first-order valence-electron chi connectivity index (χ1n) is 8.91. The number of pyridine rings is 1. The van der Waals surface area contributed by atoms with Crippen molar-refractivity contribution in [3.63, 3.8) is 0 Å². The summed E-state index contributed by atoms with van der Waals surface area (Å²) in [4.78, 5) is 5.18. The van der Waals surface area contributed by atoms with Gasteiger partial charge in [-0.3, -0.25) is 0 Å². The monoisotopic (exact) mass is 329 g/mol. The first-order valence-corrected chi connectivity index (χ1v) is 8.91. The van der Waals surface area contributed by atoms with Gasteiger partial charge in [0.2, 0.25) is 0 Å². The molecule has 0 fully saturated rings. The molecule has 0 spiro atoms. The largest absolute Gasteiger partial charge is 0.246 e. The minimum Gasteiger partial charge on any atom is -0.246 e. The molecule has 120 valence electrons. The predicted molar refractivity (Wildman–Crippen MR) is 112 cm³/mol. The van der Waals surface area contributed by atoms with Gasteiger partial charge in [0.25, 0.3) is 0 Å². The van der Waals surface area contributed by atoms with Crippen molar-refractivity contribution < 1.29 is 0 Å². The summed E-state index contributed by atoms with van der Waals surface area (Å²) in [6.07, 6.45) is 0. The normalized spacial score (nSPS) is 11.8. The zero-order valence-corrected chi connectivity index (χ0v) is 14.1. The number of hydrogen-bond acceptors (Lipinski definition) is 1. The van der Waals surface area contributed by atoms with E-state index in [1.165, 1.54) is 43.1 Å². The highest BCUT2D eigenvalue weighted by Gasteiger charge is 2.09. The van der Waals surface area contributed by atoms with Crippen LogP contribution in [0.1, 0.15) is 0 Å². The van der Waals surface area contributed by atoms with Crippen molar-refractivity contribution in [3.8, 4) is 0 Å². The lowest BCUT2D eigenvalue weighted by Gasteiger charge is -2.10. The Balaban J connectivity index is 1.90. The Hall–Kier alpha value is -3.45. The number of fused-ring (bicyclic) bond motifs is 8. The van der Waals surface area contributed by atoms with Crippen LogP contribution in [-0.2, 0) is 0 Å².